The normalized spacial score (nSPS) is 10.9. The average Bonchev–Trinajstić information content (AvgIpc) is 2.74. The summed E-state index contributed by atoms with van der Waals surface area (Å²) in [5.74, 6) is 0.737. The number of hydrogen-bond acceptors (Lipinski definition) is 5. The molecule has 9 heteroatoms. The number of para-hydroxylation sites is 3. The molecule has 3 rings (SSSR count). The summed E-state index contributed by atoms with van der Waals surface area (Å²) in [6.07, 6.45) is 1.04. The Kier molecular flexibility index (Phi) is 7.04. The van der Waals surface area contributed by atoms with Crippen LogP contribution >= 0.6 is 11.6 Å². The number of rotatable bonds is 8. The lowest BCUT2D eigenvalue weighted by Gasteiger charge is -2.22. The van der Waals surface area contributed by atoms with Gasteiger partial charge in [-0.3, -0.25) is 9.10 Å². The van der Waals surface area contributed by atoms with Crippen molar-refractivity contribution in [1.82, 2.24) is 0 Å². The van der Waals surface area contributed by atoms with Crippen molar-refractivity contribution >= 4 is 38.9 Å². The first kappa shape index (κ1) is 22.5. The summed E-state index contributed by atoms with van der Waals surface area (Å²) in [6, 6.07) is 20.2. The first-order chi connectivity index (χ1) is 14.8. The molecule has 1 amide bonds. The number of carbonyl (C=O) groups is 1. The zero-order chi connectivity index (χ0) is 22.4. The second kappa shape index (κ2) is 9.72. The number of benzene rings is 3. The third-order valence-corrected chi connectivity index (χ3v) is 5.61. The Balaban J connectivity index is 1.84. The molecule has 3 aromatic rings. The Morgan fingerprint density at radius 3 is 2.26 bits per heavy atom. The van der Waals surface area contributed by atoms with Crippen LogP contribution in [0.15, 0.2) is 72.8 Å². The molecule has 0 spiro atoms. The number of anilines is 2. The zero-order valence-corrected chi connectivity index (χ0v) is 18.5. The molecule has 0 bridgehead atoms. The summed E-state index contributed by atoms with van der Waals surface area (Å²) in [5, 5.41) is 3.07. The van der Waals surface area contributed by atoms with Crippen LogP contribution in [-0.2, 0) is 14.8 Å². The molecule has 162 valence electrons. The smallest absolute Gasteiger partial charge is 0.245 e. The fourth-order valence-electron chi connectivity index (χ4n) is 2.82. The molecule has 0 atom stereocenters. The van der Waals surface area contributed by atoms with Crippen molar-refractivity contribution in [3.63, 3.8) is 0 Å². The Hall–Kier alpha value is -3.23. The van der Waals surface area contributed by atoms with Crippen LogP contribution in [0.3, 0.4) is 0 Å². The fraction of sp³-hybridized carbons (Fsp3) is 0.136. The van der Waals surface area contributed by atoms with Crippen LogP contribution in [0.2, 0.25) is 5.02 Å². The maximum absolute atomic E-state index is 12.7. The number of carbonyl (C=O) groups excluding carboxylic acids is 1. The second-order valence-corrected chi connectivity index (χ2v) is 8.89. The molecule has 0 radical (unpaired) electrons. The van der Waals surface area contributed by atoms with Gasteiger partial charge in [0.1, 0.15) is 6.54 Å². The molecule has 0 unspecified atom stereocenters. The van der Waals surface area contributed by atoms with Crippen LogP contribution in [0.25, 0.3) is 0 Å². The first-order valence-corrected chi connectivity index (χ1v) is 11.4. The van der Waals surface area contributed by atoms with Crippen LogP contribution in [-0.4, -0.2) is 34.2 Å². The molecular weight excluding hydrogens is 440 g/mol. The maximum atomic E-state index is 12.7. The van der Waals surface area contributed by atoms with E-state index in [0.717, 1.165) is 10.6 Å². The summed E-state index contributed by atoms with van der Waals surface area (Å²) in [7, 11) is -2.16. The first-order valence-electron chi connectivity index (χ1n) is 9.21. The molecule has 0 saturated carbocycles. The SMILES string of the molecule is COc1ccccc1Oc1ccc(Cl)cc1NC(=O)CN(c1ccccc1)S(C)(=O)=O. The van der Waals surface area contributed by atoms with E-state index in [4.69, 9.17) is 21.1 Å². The minimum Gasteiger partial charge on any atom is -0.493 e. The predicted molar refractivity (Wildman–Crippen MR) is 122 cm³/mol. The van der Waals surface area contributed by atoms with Crippen molar-refractivity contribution in [2.75, 3.05) is 29.5 Å². The van der Waals surface area contributed by atoms with Gasteiger partial charge in [0.05, 0.1) is 24.7 Å². The van der Waals surface area contributed by atoms with Gasteiger partial charge in [-0.2, -0.15) is 0 Å². The summed E-state index contributed by atoms with van der Waals surface area (Å²) in [6.45, 7) is -0.413. The molecule has 7 nitrogen and oxygen atoms in total. The topological polar surface area (TPSA) is 84.9 Å². The van der Waals surface area contributed by atoms with Crippen molar-refractivity contribution in [2.24, 2.45) is 0 Å². The zero-order valence-electron chi connectivity index (χ0n) is 16.9. The maximum Gasteiger partial charge on any atom is 0.245 e. The standard InChI is InChI=1S/C22H21ClN2O5S/c1-29-20-10-6-7-11-21(20)30-19-13-12-16(23)14-18(19)24-22(26)15-25(31(2,27)28)17-8-4-3-5-9-17/h3-14H,15H2,1-2H3,(H,24,26). The highest BCUT2D eigenvalue weighted by Crippen LogP contribution is 2.36. The quantitative estimate of drug-likeness (QED) is 0.533. The summed E-state index contributed by atoms with van der Waals surface area (Å²) in [5.41, 5.74) is 0.682. The van der Waals surface area contributed by atoms with E-state index in [1.54, 1.807) is 66.7 Å². The minimum absolute atomic E-state index is 0.296. The van der Waals surface area contributed by atoms with Crippen molar-refractivity contribution in [1.29, 1.82) is 0 Å². The number of nitrogens with zero attached hydrogens (tertiary/aromatic N) is 1. The van der Waals surface area contributed by atoms with Gasteiger partial charge >= 0.3 is 0 Å². The lowest BCUT2D eigenvalue weighted by Crippen LogP contribution is -2.37. The minimum atomic E-state index is -3.68. The number of halogens is 1. The van der Waals surface area contributed by atoms with Crippen LogP contribution < -0.4 is 19.1 Å². The molecule has 1 N–H and O–H groups in total. The third kappa shape index (κ3) is 5.90. The number of nitrogens with one attached hydrogen (secondary N) is 1. The van der Waals surface area contributed by atoms with Crippen molar-refractivity contribution in [2.45, 2.75) is 0 Å². The molecule has 0 heterocycles. The van der Waals surface area contributed by atoms with Crippen LogP contribution in [0.5, 0.6) is 17.2 Å². The number of sulfonamides is 1. The summed E-state index contributed by atoms with van der Waals surface area (Å²) in [4.78, 5) is 12.7. The van der Waals surface area contributed by atoms with Gasteiger partial charge in [0, 0.05) is 5.02 Å². The van der Waals surface area contributed by atoms with Gasteiger partial charge in [0.2, 0.25) is 15.9 Å². The van der Waals surface area contributed by atoms with E-state index in [2.05, 4.69) is 5.32 Å². The molecule has 3 aromatic carbocycles. The summed E-state index contributed by atoms with van der Waals surface area (Å²) >= 11 is 6.10. The lowest BCUT2D eigenvalue weighted by molar-refractivity contribution is -0.114. The monoisotopic (exact) mass is 460 g/mol. The second-order valence-electron chi connectivity index (χ2n) is 6.55. The summed E-state index contributed by atoms with van der Waals surface area (Å²) < 4.78 is 36.7. The van der Waals surface area contributed by atoms with Crippen molar-refractivity contribution < 1.29 is 22.7 Å². The average molecular weight is 461 g/mol. The molecule has 0 saturated heterocycles. The van der Waals surface area contributed by atoms with Gasteiger partial charge < -0.3 is 14.8 Å². The van der Waals surface area contributed by atoms with Gasteiger partial charge in [-0.1, -0.05) is 41.9 Å². The van der Waals surface area contributed by atoms with Gasteiger partial charge in [0.15, 0.2) is 17.2 Å². The van der Waals surface area contributed by atoms with E-state index in [1.807, 2.05) is 0 Å². The molecule has 0 aromatic heterocycles. The van der Waals surface area contributed by atoms with Crippen LogP contribution in [0.1, 0.15) is 0 Å². The van der Waals surface area contributed by atoms with Gasteiger partial charge in [0.25, 0.3) is 0 Å². The lowest BCUT2D eigenvalue weighted by atomic mass is 10.2. The van der Waals surface area contributed by atoms with Crippen molar-refractivity contribution in [3.05, 3.63) is 77.8 Å². The fourth-order valence-corrected chi connectivity index (χ4v) is 3.85. The highest BCUT2D eigenvalue weighted by atomic mass is 35.5. The Labute approximate surface area is 186 Å². The highest BCUT2D eigenvalue weighted by Gasteiger charge is 2.21. The van der Waals surface area contributed by atoms with Gasteiger partial charge in [-0.25, -0.2) is 8.42 Å². The van der Waals surface area contributed by atoms with E-state index in [-0.39, 0.29) is 0 Å². The van der Waals surface area contributed by atoms with Gasteiger partial charge in [-0.05, 0) is 42.5 Å². The van der Waals surface area contributed by atoms with Crippen LogP contribution in [0.4, 0.5) is 11.4 Å². The molecule has 0 fully saturated rings. The van der Waals surface area contributed by atoms with E-state index in [1.165, 1.54) is 13.2 Å². The number of amides is 1. The predicted octanol–water partition coefficient (Wildman–Crippen LogP) is 4.55. The Bertz CT molecular complexity index is 1170. The number of ether oxygens (including phenoxy) is 2. The highest BCUT2D eigenvalue weighted by molar-refractivity contribution is 7.92. The molecular formula is C22H21ClN2O5S. The van der Waals surface area contributed by atoms with Gasteiger partial charge in [-0.15, -0.1) is 0 Å². The number of methoxy groups -OCH3 is 1. The van der Waals surface area contributed by atoms with E-state index < -0.39 is 22.5 Å². The molecule has 0 aliphatic heterocycles. The van der Waals surface area contributed by atoms with E-state index in [0.29, 0.717) is 33.6 Å². The Morgan fingerprint density at radius 1 is 0.968 bits per heavy atom. The van der Waals surface area contributed by atoms with E-state index in [9.17, 15) is 13.2 Å². The van der Waals surface area contributed by atoms with E-state index >= 15 is 0 Å². The van der Waals surface area contributed by atoms with Crippen molar-refractivity contribution in [3.8, 4) is 17.2 Å². The van der Waals surface area contributed by atoms with Crippen LogP contribution in [0, 0.1) is 0 Å². The molecule has 31 heavy (non-hydrogen) atoms. The number of hydrogen-bond donors (Lipinski definition) is 1. The molecule has 0 aliphatic carbocycles. The Morgan fingerprint density at radius 2 is 1.61 bits per heavy atom. The third-order valence-electron chi connectivity index (χ3n) is 4.24. The largest absolute Gasteiger partial charge is 0.493 e. The molecule has 0 aliphatic rings.